The van der Waals surface area contributed by atoms with Crippen molar-refractivity contribution in [3.8, 4) is 11.5 Å². The highest BCUT2D eigenvalue weighted by atomic mass is 16.5. The van der Waals surface area contributed by atoms with Crippen LogP contribution in [-0.4, -0.2) is 51.2 Å². The summed E-state index contributed by atoms with van der Waals surface area (Å²) in [5, 5.41) is 5.60. The van der Waals surface area contributed by atoms with Gasteiger partial charge in [0.05, 0.1) is 20.8 Å². The maximum absolute atomic E-state index is 12.4. The second-order valence-electron chi connectivity index (χ2n) is 6.69. The van der Waals surface area contributed by atoms with Crippen molar-refractivity contribution in [1.29, 1.82) is 0 Å². The van der Waals surface area contributed by atoms with Crippen LogP contribution in [0.5, 0.6) is 11.5 Å². The van der Waals surface area contributed by atoms with Crippen LogP contribution in [0.4, 0.5) is 0 Å². The summed E-state index contributed by atoms with van der Waals surface area (Å²) in [6.45, 7) is 2.59. The molecule has 1 aromatic carbocycles. The first-order valence-electron chi connectivity index (χ1n) is 9.80. The van der Waals surface area contributed by atoms with Gasteiger partial charge in [-0.15, -0.1) is 0 Å². The van der Waals surface area contributed by atoms with Crippen LogP contribution >= 0.6 is 0 Å². The number of amides is 2. The normalized spacial score (nSPS) is 17.0. The Bertz CT molecular complexity index is 818. The Labute approximate surface area is 176 Å². The van der Waals surface area contributed by atoms with Gasteiger partial charge in [0.25, 0.3) is 0 Å². The van der Waals surface area contributed by atoms with E-state index in [0.29, 0.717) is 30.9 Å². The van der Waals surface area contributed by atoms with Gasteiger partial charge in [0.15, 0.2) is 11.5 Å². The lowest BCUT2D eigenvalue weighted by molar-refractivity contribution is -0.137. The molecule has 1 saturated heterocycles. The van der Waals surface area contributed by atoms with Crippen molar-refractivity contribution in [3.05, 3.63) is 42.0 Å². The molecule has 2 atom stereocenters. The minimum absolute atomic E-state index is 0.0420. The van der Waals surface area contributed by atoms with E-state index in [9.17, 15) is 14.4 Å². The van der Waals surface area contributed by atoms with Crippen molar-refractivity contribution in [1.82, 2.24) is 10.6 Å². The van der Waals surface area contributed by atoms with Gasteiger partial charge in [-0.2, -0.15) is 0 Å². The summed E-state index contributed by atoms with van der Waals surface area (Å²) >= 11 is 0. The molecule has 30 heavy (non-hydrogen) atoms. The van der Waals surface area contributed by atoms with Crippen LogP contribution in [-0.2, 0) is 19.1 Å². The van der Waals surface area contributed by atoms with Crippen LogP contribution < -0.4 is 20.1 Å². The Morgan fingerprint density at radius 1 is 1.23 bits per heavy atom. The number of rotatable bonds is 10. The zero-order valence-electron chi connectivity index (χ0n) is 17.5. The van der Waals surface area contributed by atoms with Crippen LogP contribution in [0.25, 0.3) is 6.08 Å². The fourth-order valence-corrected chi connectivity index (χ4v) is 3.11. The van der Waals surface area contributed by atoms with Crippen LogP contribution in [0.3, 0.4) is 0 Å². The predicted octanol–water partition coefficient (Wildman–Crippen LogP) is 1.85. The highest BCUT2D eigenvalue weighted by molar-refractivity contribution is 5.92. The Hall–Kier alpha value is -3.29. The SMILES string of the molecule is CCOC(=O)/C=C/[C@H](C[C@@H]1CCNC1=O)NC(=O)/C=C/c1ccc(OC)c(OC)c1. The fraction of sp³-hybridized carbons (Fsp3) is 0.409. The summed E-state index contributed by atoms with van der Waals surface area (Å²) in [4.78, 5) is 35.9. The standard InChI is InChI=1S/C22H28N2O6/c1-4-30-21(26)10-7-17(14-16-11-12-23-22(16)27)24-20(25)9-6-15-5-8-18(28-2)19(13-15)29-3/h5-10,13,16-17H,4,11-12,14H2,1-3H3,(H,23,27)(H,24,25)/b9-6+,10-7+/t16-,17+/m0/s1. The van der Waals surface area contributed by atoms with E-state index < -0.39 is 12.0 Å². The first-order valence-corrected chi connectivity index (χ1v) is 9.80. The second-order valence-corrected chi connectivity index (χ2v) is 6.69. The summed E-state index contributed by atoms with van der Waals surface area (Å²) < 4.78 is 15.3. The molecule has 1 aliphatic rings. The molecule has 0 aliphatic carbocycles. The van der Waals surface area contributed by atoms with E-state index in [4.69, 9.17) is 14.2 Å². The second kappa shape index (κ2) is 11.6. The first-order chi connectivity index (χ1) is 14.5. The molecule has 8 nitrogen and oxygen atoms in total. The van der Waals surface area contributed by atoms with Crippen LogP contribution in [0.1, 0.15) is 25.3 Å². The zero-order chi connectivity index (χ0) is 21.9. The van der Waals surface area contributed by atoms with E-state index >= 15 is 0 Å². The van der Waals surface area contributed by atoms with Crippen molar-refractivity contribution in [2.24, 2.45) is 5.92 Å². The molecule has 0 bridgehead atoms. The number of hydrogen-bond acceptors (Lipinski definition) is 6. The predicted molar refractivity (Wildman–Crippen MR) is 112 cm³/mol. The minimum Gasteiger partial charge on any atom is -0.493 e. The zero-order valence-corrected chi connectivity index (χ0v) is 17.5. The highest BCUT2D eigenvalue weighted by Gasteiger charge is 2.26. The molecule has 0 unspecified atom stereocenters. The van der Waals surface area contributed by atoms with Gasteiger partial charge in [-0.05, 0) is 43.5 Å². The number of methoxy groups -OCH3 is 2. The topological polar surface area (TPSA) is 103 Å². The maximum atomic E-state index is 12.4. The number of nitrogens with one attached hydrogen (secondary N) is 2. The van der Waals surface area contributed by atoms with E-state index in [1.807, 2.05) is 0 Å². The van der Waals surface area contributed by atoms with E-state index in [-0.39, 0.29) is 24.3 Å². The average molecular weight is 416 g/mol. The van der Waals surface area contributed by atoms with Gasteiger partial charge >= 0.3 is 5.97 Å². The molecule has 2 N–H and O–H groups in total. The largest absolute Gasteiger partial charge is 0.493 e. The summed E-state index contributed by atoms with van der Waals surface area (Å²) in [5.74, 6) is 0.0625. The number of benzene rings is 1. The third-order valence-electron chi connectivity index (χ3n) is 4.61. The van der Waals surface area contributed by atoms with Gasteiger partial charge < -0.3 is 24.8 Å². The fourth-order valence-electron chi connectivity index (χ4n) is 3.11. The molecule has 0 spiro atoms. The Balaban J connectivity index is 2.05. The van der Waals surface area contributed by atoms with Crippen molar-refractivity contribution >= 4 is 23.9 Å². The third-order valence-corrected chi connectivity index (χ3v) is 4.61. The van der Waals surface area contributed by atoms with Crippen molar-refractivity contribution in [2.75, 3.05) is 27.4 Å². The summed E-state index contributed by atoms with van der Waals surface area (Å²) in [6, 6.07) is 4.82. The van der Waals surface area contributed by atoms with Crippen molar-refractivity contribution < 1.29 is 28.6 Å². The number of esters is 1. The smallest absolute Gasteiger partial charge is 0.330 e. The van der Waals surface area contributed by atoms with Crippen LogP contribution in [0.2, 0.25) is 0 Å². The van der Waals surface area contributed by atoms with E-state index in [1.54, 1.807) is 44.4 Å². The van der Waals surface area contributed by atoms with Gasteiger partial charge in [0.1, 0.15) is 0 Å². The molecule has 0 saturated carbocycles. The quantitative estimate of drug-likeness (QED) is 0.446. The minimum atomic E-state index is -0.492. The monoisotopic (exact) mass is 416 g/mol. The van der Waals surface area contributed by atoms with Gasteiger partial charge in [-0.25, -0.2) is 4.79 Å². The molecule has 2 rings (SSSR count). The molecule has 1 heterocycles. The summed E-state index contributed by atoms with van der Waals surface area (Å²) in [6.07, 6.45) is 6.97. The van der Waals surface area contributed by atoms with Gasteiger partial charge in [-0.3, -0.25) is 9.59 Å². The number of carbonyl (C=O) groups is 3. The number of hydrogen-bond donors (Lipinski definition) is 2. The van der Waals surface area contributed by atoms with Gasteiger partial charge in [-0.1, -0.05) is 12.1 Å². The molecule has 8 heteroatoms. The molecular formula is C22H28N2O6. The average Bonchev–Trinajstić information content (AvgIpc) is 3.14. The molecule has 1 aliphatic heterocycles. The Morgan fingerprint density at radius 3 is 2.63 bits per heavy atom. The lowest BCUT2D eigenvalue weighted by Gasteiger charge is -2.17. The lowest BCUT2D eigenvalue weighted by atomic mass is 9.98. The van der Waals surface area contributed by atoms with Gasteiger partial charge in [0, 0.05) is 30.7 Å². The molecule has 1 fully saturated rings. The van der Waals surface area contributed by atoms with Crippen molar-refractivity contribution in [2.45, 2.75) is 25.8 Å². The number of carbonyl (C=O) groups excluding carboxylic acids is 3. The van der Waals surface area contributed by atoms with Crippen LogP contribution in [0, 0.1) is 5.92 Å². The third kappa shape index (κ3) is 6.95. The molecule has 0 radical (unpaired) electrons. The maximum Gasteiger partial charge on any atom is 0.330 e. The van der Waals surface area contributed by atoms with E-state index in [2.05, 4.69) is 10.6 Å². The summed E-state index contributed by atoms with van der Waals surface area (Å²) in [7, 11) is 3.09. The van der Waals surface area contributed by atoms with Crippen LogP contribution in [0.15, 0.2) is 36.4 Å². The molecule has 0 aromatic heterocycles. The lowest BCUT2D eigenvalue weighted by Crippen LogP contribution is -2.35. The Kier molecular flexibility index (Phi) is 8.93. The Morgan fingerprint density at radius 2 is 2.00 bits per heavy atom. The van der Waals surface area contributed by atoms with E-state index in [1.165, 1.54) is 19.3 Å². The van der Waals surface area contributed by atoms with E-state index in [0.717, 1.165) is 5.56 Å². The molecule has 2 amide bonds. The van der Waals surface area contributed by atoms with Gasteiger partial charge in [0.2, 0.25) is 11.8 Å². The highest BCUT2D eigenvalue weighted by Crippen LogP contribution is 2.28. The van der Waals surface area contributed by atoms with Crippen molar-refractivity contribution in [3.63, 3.8) is 0 Å². The molecule has 162 valence electrons. The molecule has 1 aromatic rings. The molecular weight excluding hydrogens is 388 g/mol. The summed E-state index contributed by atoms with van der Waals surface area (Å²) in [5.41, 5.74) is 0.761. The number of ether oxygens (including phenoxy) is 3. The first kappa shape index (κ1) is 23.0.